The highest BCUT2D eigenvalue weighted by Gasteiger charge is 2.46. The summed E-state index contributed by atoms with van der Waals surface area (Å²) in [6.45, 7) is 4.70. The van der Waals surface area contributed by atoms with Crippen molar-refractivity contribution in [1.82, 2.24) is 14.6 Å². The maximum atomic E-state index is 12.4. The number of nitrogens with zero attached hydrogens (tertiary/aromatic N) is 5. The first-order valence-corrected chi connectivity index (χ1v) is 11.3. The molecular weight excluding hydrogens is 483 g/mol. The fraction of sp³-hybridized carbons (Fsp3) is 0.688. The van der Waals surface area contributed by atoms with Crippen molar-refractivity contribution in [1.29, 1.82) is 0 Å². The van der Waals surface area contributed by atoms with Crippen molar-refractivity contribution in [3.05, 3.63) is 43.0 Å². The molecule has 0 aliphatic carbocycles. The first kappa shape index (κ1) is 27.5. The Bertz CT molecular complexity index is 1080. The van der Waals surface area contributed by atoms with Crippen molar-refractivity contribution in [2.24, 2.45) is 5.28 Å². The van der Waals surface area contributed by atoms with Crippen molar-refractivity contribution in [2.75, 3.05) is 13.7 Å². The number of hydrogen-bond acceptors (Lipinski definition) is 12. The van der Waals surface area contributed by atoms with Gasteiger partial charge >= 0.3 is 19.5 Å². The highest BCUT2D eigenvalue weighted by Crippen LogP contribution is 2.47. The number of aromatic amines is 1. The fourth-order valence-corrected chi connectivity index (χ4v) is 3.97. The number of aliphatic hydroxyl groups excluding tert-OH is 1. The molecule has 18 heteroatoms. The van der Waals surface area contributed by atoms with Gasteiger partial charge in [0.05, 0.1) is 13.2 Å². The van der Waals surface area contributed by atoms with E-state index in [2.05, 4.69) is 24.5 Å². The molecule has 0 amide bonds. The molecule has 2 heterocycles. The molecule has 0 spiro atoms. The zero-order valence-corrected chi connectivity index (χ0v) is 19.5. The number of aliphatic hydroxyl groups is 1. The Morgan fingerprint density at radius 2 is 2.21 bits per heavy atom. The number of carbonyl (C=O) groups excluding carboxylic acids is 1. The van der Waals surface area contributed by atoms with Crippen molar-refractivity contribution in [3.8, 4) is 0 Å². The minimum atomic E-state index is -5.20. The van der Waals surface area contributed by atoms with E-state index in [4.69, 9.17) is 19.6 Å². The molecule has 1 aliphatic heterocycles. The number of phosphoric ester groups is 1. The van der Waals surface area contributed by atoms with Crippen LogP contribution in [0.2, 0.25) is 0 Å². The maximum Gasteiger partial charge on any atom is 0.532 e. The summed E-state index contributed by atoms with van der Waals surface area (Å²) in [4.78, 5) is 60.0. The molecular formula is C16H25N6O11P. The number of hydrogen-bond donors (Lipinski definition) is 3. The first-order chi connectivity index (χ1) is 15.9. The van der Waals surface area contributed by atoms with Crippen molar-refractivity contribution >= 4 is 13.8 Å². The Hall–Kier alpha value is -2.75. The van der Waals surface area contributed by atoms with Crippen LogP contribution in [0.4, 0.5) is 0 Å². The van der Waals surface area contributed by atoms with Gasteiger partial charge in [-0.05, 0) is 19.4 Å². The molecule has 1 fully saturated rings. The largest absolute Gasteiger partial charge is 0.532 e. The van der Waals surface area contributed by atoms with E-state index in [9.17, 15) is 28.9 Å². The molecule has 1 aromatic heterocycles. The van der Waals surface area contributed by atoms with Crippen LogP contribution < -0.4 is 11.2 Å². The van der Waals surface area contributed by atoms with Crippen LogP contribution in [0.1, 0.15) is 32.1 Å². The minimum absolute atomic E-state index is 0.178. The second kappa shape index (κ2) is 11.6. The van der Waals surface area contributed by atoms with Crippen LogP contribution in [0, 0.1) is 6.92 Å². The smallest absolute Gasteiger partial charge is 0.399 e. The summed E-state index contributed by atoms with van der Waals surface area (Å²) in [5.74, 6) is -1.18. The van der Waals surface area contributed by atoms with E-state index in [-0.39, 0.29) is 18.5 Å². The lowest BCUT2D eigenvalue weighted by molar-refractivity contribution is -0.195. The first-order valence-electron chi connectivity index (χ1n) is 9.85. The summed E-state index contributed by atoms with van der Waals surface area (Å²) in [6.07, 6.45) is -5.25. The fourth-order valence-electron chi connectivity index (χ4n) is 3.12. The zero-order chi connectivity index (χ0) is 25.6. The molecule has 2 unspecified atom stereocenters. The van der Waals surface area contributed by atoms with Gasteiger partial charge in [0.25, 0.3) is 5.56 Å². The van der Waals surface area contributed by atoms with Gasteiger partial charge in [0.15, 0.2) is 0 Å². The lowest BCUT2D eigenvalue weighted by atomic mass is 10.2. The number of ether oxygens (including phenoxy) is 1. The summed E-state index contributed by atoms with van der Waals surface area (Å²) >= 11 is 0. The van der Waals surface area contributed by atoms with Crippen molar-refractivity contribution in [2.45, 2.75) is 58.0 Å². The molecule has 0 bridgehead atoms. The number of nitrogens with one attached hydrogen (secondary N) is 1. The van der Waals surface area contributed by atoms with Gasteiger partial charge in [0, 0.05) is 29.6 Å². The van der Waals surface area contributed by atoms with Gasteiger partial charge in [0.1, 0.15) is 23.7 Å². The van der Waals surface area contributed by atoms with Gasteiger partial charge in [-0.1, -0.05) is 6.92 Å². The molecule has 1 aromatic rings. The number of likely N-dealkylation sites (N-methyl/N-ethyl adjacent to an activating group) is 1. The van der Waals surface area contributed by atoms with Gasteiger partial charge in [-0.25, -0.2) is 18.7 Å². The van der Waals surface area contributed by atoms with Crippen LogP contribution >= 0.6 is 7.82 Å². The SMILES string of the molecule is CCN(OC)[C@@H](C)C(=O)OP(=O)(O)OC(ON=[N+]=[N-])[C@H]1O[C@@H](n2cc(C)c(=O)[nH]c2=O)C[C@@H]1O. The molecule has 17 nitrogen and oxygen atoms in total. The van der Waals surface area contributed by atoms with Gasteiger partial charge in [0.2, 0.25) is 6.29 Å². The predicted molar refractivity (Wildman–Crippen MR) is 110 cm³/mol. The molecule has 6 atom stereocenters. The third-order valence-electron chi connectivity index (χ3n) is 4.81. The number of rotatable bonds is 11. The molecule has 1 aliphatic rings. The Kier molecular flexibility index (Phi) is 9.37. The number of carbonyl (C=O) groups is 1. The normalized spacial score (nSPS) is 23.6. The monoisotopic (exact) mass is 508 g/mol. The molecule has 3 N–H and O–H groups in total. The van der Waals surface area contributed by atoms with Crippen LogP contribution in [-0.2, 0) is 32.8 Å². The van der Waals surface area contributed by atoms with E-state index >= 15 is 0 Å². The van der Waals surface area contributed by atoms with Crippen LogP contribution in [0.25, 0.3) is 10.4 Å². The van der Waals surface area contributed by atoms with Gasteiger partial charge < -0.3 is 24.0 Å². The number of hydroxylamine groups is 2. The van der Waals surface area contributed by atoms with Crippen molar-refractivity contribution in [3.63, 3.8) is 0 Å². The number of H-pyrrole nitrogens is 1. The Morgan fingerprint density at radius 3 is 2.79 bits per heavy atom. The number of azide groups is 1. The Morgan fingerprint density at radius 1 is 1.53 bits per heavy atom. The number of phosphoric acid groups is 1. The van der Waals surface area contributed by atoms with Gasteiger partial charge in [-0.2, -0.15) is 5.06 Å². The van der Waals surface area contributed by atoms with E-state index in [1.54, 1.807) is 6.92 Å². The highest BCUT2D eigenvalue weighted by atomic mass is 31.2. The van der Waals surface area contributed by atoms with Crippen LogP contribution in [-0.4, -0.2) is 68.8 Å². The molecule has 0 aromatic carbocycles. The van der Waals surface area contributed by atoms with Crippen molar-refractivity contribution < 1.29 is 42.8 Å². The van der Waals surface area contributed by atoms with Gasteiger partial charge in [-0.3, -0.25) is 19.2 Å². The molecule has 190 valence electrons. The third-order valence-corrected chi connectivity index (χ3v) is 5.70. The highest BCUT2D eigenvalue weighted by molar-refractivity contribution is 7.48. The second-order valence-electron chi connectivity index (χ2n) is 7.06. The summed E-state index contributed by atoms with van der Waals surface area (Å²) < 4.78 is 28.3. The molecule has 34 heavy (non-hydrogen) atoms. The number of aryl methyl sites for hydroxylation is 1. The minimum Gasteiger partial charge on any atom is -0.399 e. The van der Waals surface area contributed by atoms with Crippen LogP contribution in [0.3, 0.4) is 0 Å². The lowest BCUT2D eigenvalue weighted by Crippen LogP contribution is -2.40. The summed E-state index contributed by atoms with van der Waals surface area (Å²) in [5, 5.41) is 14.4. The van der Waals surface area contributed by atoms with E-state index in [1.807, 2.05) is 0 Å². The molecule has 2 rings (SSSR count). The second-order valence-corrected chi connectivity index (χ2v) is 8.39. The Labute approximate surface area is 191 Å². The Balaban J connectivity index is 2.22. The van der Waals surface area contributed by atoms with E-state index in [1.165, 1.54) is 27.2 Å². The van der Waals surface area contributed by atoms with Crippen LogP contribution in [0.15, 0.2) is 21.1 Å². The quantitative estimate of drug-likeness (QED) is 0.0895. The average Bonchev–Trinajstić information content (AvgIpc) is 3.15. The summed E-state index contributed by atoms with van der Waals surface area (Å²) in [5.41, 5.74) is 7.26. The summed E-state index contributed by atoms with van der Waals surface area (Å²) in [7, 11) is -3.91. The van der Waals surface area contributed by atoms with E-state index in [0.29, 0.717) is 0 Å². The van der Waals surface area contributed by atoms with Gasteiger partial charge in [-0.15, -0.1) is 0 Å². The van der Waals surface area contributed by atoms with Crippen LogP contribution in [0.5, 0.6) is 0 Å². The summed E-state index contributed by atoms with van der Waals surface area (Å²) in [6, 6.07) is -1.09. The average molecular weight is 508 g/mol. The third kappa shape index (κ3) is 6.65. The zero-order valence-electron chi connectivity index (χ0n) is 18.6. The predicted octanol–water partition coefficient (Wildman–Crippen LogP) is -0.00658. The molecule has 1 saturated heterocycles. The molecule has 0 radical (unpaired) electrons. The number of aromatic nitrogens is 2. The topological polar surface area (TPSA) is 228 Å². The van der Waals surface area contributed by atoms with E-state index < -0.39 is 55.8 Å². The maximum absolute atomic E-state index is 12.4. The lowest BCUT2D eigenvalue weighted by Gasteiger charge is -2.27. The molecule has 0 saturated carbocycles. The standard InChI is InChI=1S/C16H25N6O11P/c1-5-22(29-4)9(3)14(25)32-34(27,28)33-15(31-20-19-17)12-10(23)6-11(30-12)21-7-8(2)13(24)18-16(21)26/h7,9-12,15,23H,5-6H2,1-4H3,(H,27,28)(H,18,24,26)/t9-,10-,11+,12-,15?/m0/s1. The van der Waals surface area contributed by atoms with E-state index in [0.717, 1.165) is 9.63 Å².